The predicted molar refractivity (Wildman–Crippen MR) is 205 cm³/mol. The first-order valence-electron chi connectivity index (χ1n) is 19.2. The van der Waals surface area contributed by atoms with Gasteiger partial charge < -0.3 is 29.5 Å². The number of nitrogens with one attached hydrogen (secondary N) is 1. The molecule has 1 N–H and O–H groups in total. The molecule has 1 aliphatic rings. The summed E-state index contributed by atoms with van der Waals surface area (Å²) in [4.78, 5) is 72.8. The maximum atomic E-state index is 14.2. The zero-order chi connectivity index (χ0) is 39.1. The van der Waals surface area contributed by atoms with Gasteiger partial charge in [-0.15, -0.1) is 0 Å². The molecule has 0 aromatic heterocycles. The molecule has 52 heavy (non-hydrogen) atoms. The van der Waals surface area contributed by atoms with E-state index in [-0.39, 0.29) is 66.4 Å². The molecule has 11 nitrogen and oxygen atoms in total. The topological polar surface area (TPSA) is 126 Å². The van der Waals surface area contributed by atoms with Crippen molar-refractivity contribution >= 4 is 29.3 Å². The number of nitrogens with zero attached hydrogens (tertiary/aromatic N) is 3. The van der Waals surface area contributed by atoms with Crippen molar-refractivity contribution in [3.8, 4) is 0 Å². The largest absolute Gasteiger partial charge is 0.379 e. The standard InChI is InChI=1S/C41H68N4O7/c1-12-28(4)39(44(9)41(50)33(27(2)3)25-37(48)43(8)22-20-42-7)36(51-10)26-38(49)45-21-16-19-34(45)40(52-11)29(5)35(47)24-32(30(6)46)23-31-17-14-13-15-18-31/h13-15,17-18,27-29,32-34,36,39-40,42H,12,16,19-26H2,1-11H3/t28-,29-,32+,33-,34-,36+,39-,40+/m0/s1. The third kappa shape index (κ3) is 12.5. The van der Waals surface area contributed by atoms with Gasteiger partial charge in [-0.05, 0) is 50.6 Å². The quantitative estimate of drug-likeness (QED) is 0.173. The average Bonchev–Trinajstić information content (AvgIpc) is 3.61. The van der Waals surface area contributed by atoms with E-state index in [9.17, 15) is 24.0 Å². The molecule has 0 bridgehead atoms. The Morgan fingerprint density at radius 1 is 0.962 bits per heavy atom. The SMILES string of the molecule is CC[C@H](C)[C@@H]([C@@H](CC(=O)N1CCC[C@H]1[C@H](OC)[C@@H](C)C(=O)C[C@@H](Cc1ccccc1)C(C)=O)OC)N(C)C(=O)[C@@H](CC(=O)N(C)CCNC)C(C)C. The molecule has 0 radical (unpaired) electrons. The molecule has 0 spiro atoms. The van der Waals surface area contributed by atoms with E-state index in [4.69, 9.17) is 9.47 Å². The fraction of sp³-hybridized carbons (Fsp3) is 0.732. The number of Topliss-reactive ketones (excluding diaryl/α,β-unsaturated/α-hetero) is 2. The Morgan fingerprint density at radius 3 is 2.15 bits per heavy atom. The van der Waals surface area contributed by atoms with Gasteiger partial charge in [0.2, 0.25) is 17.7 Å². The number of methoxy groups -OCH3 is 2. The van der Waals surface area contributed by atoms with Gasteiger partial charge >= 0.3 is 0 Å². The Morgan fingerprint density at radius 2 is 1.62 bits per heavy atom. The molecule has 0 aliphatic carbocycles. The van der Waals surface area contributed by atoms with Gasteiger partial charge in [0.15, 0.2) is 0 Å². The maximum absolute atomic E-state index is 14.2. The highest BCUT2D eigenvalue weighted by Crippen LogP contribution is 2.31. The van der Waals surface area contributed by atoms with Crippen LogP contribution in [0.2, 0.25) is 0 Å². The van der Waals surface area contributed by atoms with Crippen LogP contribution in [-0.2, 0) is 39.9 Å². The normalized spacial score (nSPS) is 18.6. The van der Waals surface area contributed by atoms with Crippen molar-refractivity contribution in [2.24, 2.45) is 29.6 Å². The number of carbonyl (C=O) groups is 5. The van der Waals surface area contributed by atoms with Crippen LogP contribution < -0.4 is 5.32 Å². The molecular weight excluding hydrogens is 660 g/mol. The molecule has 1 aromatic rings. The van der Waals surface area contributed by atoms with Crippen LogP contribution in [0.25, 0.3) is 0 Å². The Bertz CT molecular complexity index is 1290. The van der Waals surface area contributed by atoms with Gasteiger partial charge in [-0.1, -0.05) is 71.4 Å². The third-order valence-electron chi connectivity index (χ3n) is 11.3. The molecule has 1 fully saturated rings. The van der Waals surface area contributed by atoms with Crippen LogP contribution in [0.4, 0.5) is 0 Å². The summed E-state index contributed by atoms with van der Waals surface area (Å²) < 4.78 is 12.0. The van der Waals surface area contributed by atoms with E-state index < -0.39 is 36.0 Å². The van der Waals surface area contributed by atoms with Gasteiger partial charge in [0.25, 0.3) is 0 Å². The van der Waals surface area contributed by atoms with Crippen LogP contribution in [0.5, 0.6) is 0 Å². The average molecular weight is 729 g/mol. The highest BCUT2D eigenvalue weighted by Gasteiger charge is 2.43. The number of rotatable bonds is 23. The Hall–Kier alpha value is -3.15. The van der Waals surface area contributed by atoms with Gasteiger partial charge in [-0.2, -0.15) is 0 Å². The third-order valence-corrected chi connectivity index (χ3v) is 11.3. The lowest BCUT2D eigenvalue weighted by molar-refractivity contribution is -0.149. The summed E-state index contributed by atoms with van der Waals surface area (Å²) in [7, 11) is 8.51. The number of ketones is 2. The van der Waals surface area contributed by atoms with Gasteiger partial charge in [-0.3, -0.25) is 24.0 Å². The molecule has 1 heterocycles. The summed E-state index contributed by atoms with van der Waals surface area (Å²) in [6.45, 7) is 13.2. The van der Waals surface area contributed by atoms with E-state index in [0.717, 1.165) is 18.4 Å². The Balaban J connectivity index is 2.24. The first kappa shape index (κ1) is 45.0. The number of carbonyl (C=O) groups excluding carboxylic acids is 5. The van der Waals surface area contributed by atoms with Crippen molar-refractivity contribution in [1.82, 2.24) is 20.0 Å². The summed E-state index contributed by atoms with van der Waals surface area (Å²) in [5.74, 6) is -1.93. The van der Waals surface area contributed by atoms with Gasteiger partial charge in [0, 0.05) is 78.5 Å². The van der Waals surface area contributed by atoms with E-state index in [0.29, 0.717) is 32.5 Å². The highest BCUT2D eigenvalue weighted by atomic mass is 16.5. The molecule has 8 atom stereocenters. The van der Waals surface area contributed by atoms with Crippen molar-refractivity contribution in [2.45, 2.75) is 111 Å². The van der Waals surface area contributed by atoms with Crippen LogP contribution >= 0.6 is 0 Å². The maximum Gasteiger partial charge on any atom is 0.226 e. The van der Waals surface area contributed by atoms with E-state index >= 15 is 0 Å². The fourth-order valence-corrected chi connectivity index (χ4v) is 7.65. The Kier molecular flexibility index (Phi) is 19.2. The van der Waals surface area contributed by atoms with Gasteiger partial charge in [0.1, 0.15) is 11.6 Å². The molecule has 294 valence electrons. The molecule has 0 saturated carbocycles. The zero-order valence-electron chi connectivity index (χ0n) is 33.9. The van der Waals surface area contributed by atoms with Crippen molar-refractivity contribution in [3.63, 3.8) is 0 Å². The minimum absolute atomic E-state index is 0.0115. The van der Waals surface area contributed by atoms with Crippen molar-refractivity contribution in [2.75, 3.05) is 55.0 Å². The molecule has 1 aromatic carbocycles. The second-order valence-electron chi connectivity index (χ2n) is 15.2. The van der Waals surface area contributed by atoms with Crippen molar-refractivity contribution in [3.05, 3.63) is 35.9 Å². The second kappa shape index (κ2) is 22.2. The molecule has 2 rings (SSSR count). The number of ether oxygens (including phenoxy) is 2. The van der Waals surface area contributed by atoms with E-state index in [2.05, 4.69) is 19.2 Å². The number of benzene rings is 1. The Labute approximate surface area is 313 Å². The molecule has 1 saturated heterocycles. The predicted octanol–water partition coefficient (Wildman–Crippen LogP) is 4.65. The number of likely N-dealkylation sites (tertiary alicyclic amines) is 1. The van der Waals surface area contributed by atoms with Crippen LogP contribution in [0.1, 0.15) is 85.6 Å². The highest BCUT2D eigenvalue weighted by molar-refractivity contribution is 5.88. The number of hydrogen-bond acceptors (Lipinski definition) is 8. The minimum Gasteiger partial charge on any atom is -0.379 e. The lowest BCUT2D eigenvalue weighted by atomic mass is 9.84. The van der Waals surface area contributed by atoms with Crippen LogP contribution in [-0.4, -0.2) is 123 Å². The van der Waals surface area contributed by atoms with Crippen LogP contribution in [0.3, 0.4) is 0 Å². The van der Waals surface area contributed by atoms with Gasteiger partial charge in [-0.25, -0.2) is 0 Å². The minimum atomic E-state index is -0.589. The van der Waals surface area contributed by atoms with E-state index in [1.54, 1.807) is 38.1 Å². The van der Waals surface area contributed by atoms with Crippen molar-refractivity contribution < 1.29 is 33.4 Å². The molecular formula is C41H68N4O7. The molecule has 3 amide bonds. The summed E-state index contributed by atoms with van der Waals surface area (Å²) in [5.41, 5.74) is 1.01. The number of amides is 3. The first-order valence-corrected chi connectivity index (χ1v) is 19.2. The molecule has 1 aliphatic heterocycles. The van der Waals surface area contributed by atoms with E-state index in [1.165, 1.54) is 6.92 Å². The number of likely N-dealkylation sites (N-methyl/N-ethyl adjacent to an activating group) is 3. The summed E-state index contributed by atoms with van der Waals surface area (Å²) >= 11 is 0. The first-order chi connectivity index (χ1) is 24.6. The fourth-order valence-electron chi connectivity index (χ4n) is 7.65. The number of hydrogen-bond donors (Lipinski definition) is 1. The summed E-state index contributed by atoms with van der Waals surface area (Å²) in [6, 6.07) is 9.00. The molecule has 11 heteroatoms. The van der Waals surface area contributed by atoms with Crippen molar-refractivity contribution in [1.29, 1.82) is 0 Å². The monoisotopic (exact) mass is 729 g/mol. The zero-order valence-corrected chi connectivity index (χ0v) is 33.9. The van der Waals surface area contributed by atoms with E-state index in [1.807, 2.05) is 63.1 Å². The second-order valence-corrected chi connectivity index (χ2v) is 15.2. The molecule has 0 unspecified atom stereocenters. The smallest absolute Gasteiger partial charge is 0.226 e. The van der Waals surface area contributed by atoms with Crippen LogP contribution in [0.15, 0.2) is 30.3 Å². The van der Waals surface area contributed by atoms with Crippen LogP contribution in [0, 0.1) is 29.6 Å². The summed E-state index contributed by atoms with van der Waals surface area (Å²) in [5, 5.41) is 3.05. The lowest BCUT2D eigenvalue weighted by Gasteiger charge is -2.41. The summed E-state index contributed by atoms with van der Waals surface area (Å²) in [6.07, 6.45) is 1.88. The lowest BCUT2D eigenvalue weighted by Crippen LogP contribution is -2.54. The van der Waals surface area contributed by atoms with Gasteiger partial charge in [0.05, 0.1) is 30.7 Å².